The number of alkyl halides is 3. The molecule has 2 atom stereocenters. The Morgan fingerprint density at radius 2 is 1.85 bits per heavy atom. The molecule has 0 amide bonds. The van der Waals surface area contributed by atoms with E-state index in [-0.39, 0.29) is 12.1 Å². The molecule has 2 nitrogen and oxygen atoms in total. The molecule has 0 saturated heterocycles. The van der Waals surface area contributed by atoms with Crippen molar-refractivity contribution >= 4 is 0 Å². The van der Waals surface area contributed by atoms with E-state index in [4.69, 9.17) is 0 Å². The van der Waals surface area contributed by atoms with Crippen LogP contribution in [0.4, 0.5) is 13.2 Å². The van der Waals surface area contributed by atoms with Gasteiger partial charge in [-0.15, -0.1) is 0 Å². The largest absolute Gasteiger partial charge is 0.401 e. The van der Waals surface area contributed by atoms with Crippen LogP contribution in [0.25, 0.3) is 0 Å². The smallest absolute Gasteiger partial charge is 0.315 e. The van der Waals surface area contributed by atoms with E-state index < -0.39 is 12.7 Å². The number of likely N-dealkylation sites (N-methyl/N-ethyl adjacent to an activating group) is 1. The van der Waals surface area contributed by atoms with Crippen molar-refractivity contribution in [1.82, 2.24) is 10.6 Å². The Morgan fingerprint density at radius 3 is 2.38 bits per heavy atom. The van der Waals surface area contributed by atoms with Crippen LogP contribution >= 0.6 is 0 Å². The second kappa shape index (κ2) is 4.28. The van der Waals surface area contributed by atoms with Crippen molar-refractivity contribution < 1.29 is 13.2 Å². The minimum Gasteiger partial charge on any atom is -0.315 e. The van der Waals surface area contributed by atoms with Crippen molar-refractivity contribution in [2.75, 3.05) is 13.6 Å². The Bertz CT molecular complexity index is 158. The number of rotatable bonds is 3. The summed E-state index contributed by atoms with van der Waals surface area (Å²) in [7, 11) is 1.79. The van der Waals surface area contributed by atoms with Crippen molar-refractivity contribution in [1.29, 1.82) is 0 Å². The molecule has 0 aromatic carbocycles. The zero-order valence-electron chi connectivity index (χ0n) is 7.62. The fourth-order valence-corrected chi connectivity index (χ4v) is 1.80. The van der Waals surface area contributed by atoms with Crippen LogP contribution in [0, 0.1) is 0 Å². The third-order valence-corrected chi connectivity index (χ3v) is 2.45. The normalized spacial score (nSPS) is 29.5. The second-order valence-electron chi connectivity index (χ2n) is 3.43. The predicted octanol–water partition coefficient (Wildman–Crippen LogP) is 1.28. The zero-order valence-corrected chi connectivity index (χ0v) is 7.62. The van der Waals surface area contributed by atoms with Crippen molar-refractivity contribution in [3.05, 3.63) is 0 Å². The summed E-state index contributed by atoms with van der Waals surface area (Å²) >= 11 is 0. The van der Waals surface area contributed by atoms with E-state index in [2.05, 4.69) is 10.6 Å². The summed E-state index contributed by atoms with van der Waals surface area (Å²) in [5.74, 6) is 0. The summed E-state index contributed by atoms with van der Waals surface area (Å²) in [6.07, 6.45) is -1.30. The molecule has 1 rings (SSSR count). The van der Waals surface area contributed by atoms with E-state index in [0.29, 0.717) is 0 Å². The first-order valence-electron chi connectivity index (χ1n) is 4.50. The van der Waals surface area contributed by atoms with Crippen molar-refractivity contribution in [2.45, 2.75) is 37.5 Å². The quantitative estimate of drug-likeness (QED) is 0.710. The van der Waals surface area contributed by atoms with Gasteiger partial charge in [0.15, 0.2) is 0 Å². The number of halogens is 3. The fourth-order valence-electron chi connectivity index (χ4n) is 1.80. The molecule has 1 aliphatic carbocycles. The Balaban J connectivity index is 2.28. The van der Waals surface area contributed by atoms with Crippen LogP contribution in [0.2, 0.25) is 0 Å². The topological polar surface area (TPSA) is 24.1 Å². The molecule has 0 bridgehead atoms. The maximum atomic E-state index is 11.9. The van der Waals surface area contributed by atoms with Gasteiger partial charge in [0.05, 0.1) is 6.54 Å². The van der Waals surface area contributed by atoms with Gasteiger partial charge in [0.25, 0.3) is 0 Å². The van der Waals surface area contributed by atoms with Crippen LogP contribution in [0.1, 0.15) is 19.3 Å². The predicted molar refractivity (Wildman–Crippen MR) is 44.5 cm³/mol. The van der Waals surface area contributed by atoms with E-state index in [1.54, 1.807) is 7.05 Å². The van der Waals surface area contributed by atoms with Crippen LogP contribution in [0.15, 0.2) is 0 Å². The minimum atomic E-state index is -4.10. The van der Waals surface area contributed by atoms with E-state index >= 15 is 0 Å². The van der Waals surface area contributed by atoms with Crippen molar-refractivity contribution in [3.8, 4) is 0 Å². The molecule has 13 heavy (non-hydrogen) atoms. The van der Waals surface area contributed by atoms with Gasteiger partial charge >= 0.3 is 6.18 Å². The summed E-state index contributed by atoms with van der Waals surface area (Å²) in [4.78, 5) is 0. The van der Waals surface area contributed by atoms with Gasteiger partial charge in [0.2, 0.25) is 0 Å². The van der Waals surface area contributed by atoms with E-state index in [1.807, 2.05) is 0 Å². The van der Waals surface area contributed by atoms with Gasteiger partial charge in [-0.2, -0.15) is 13.2 Å². The summed E-state index contributed by atoms with van der Waals surface area (Å²) < 4.78 is 35.6. The highest BCUT2D eigenvalue weighted by molar-refractivity contribution is 4.87. The molecule has 2 N–H and O–H groups in total. The molecule has 0 heterocycles. The van der Waals surface area contributed by atoms with Crippen LogP contribution in [0.5, 0.6) is 0 Å². The van der Waals surface area contributed by atoms with Crippen LogP contribution < -0.4 is 10.6 Å². The van der Waals surface area contributed by atoms with Gasteiger partial charge in [-0.05, 0) is 19.9 Å². The first-order valence-corrected chi connectivity index (χ1v) is 4.50. The van der Waals surface area contributed by atoms with Crippen LogP contribution in [0.3, 0.4) is 0 Å². The lowest BCUT2D eigenvalue weighted by atomic mass is 10.2. The summed E-state index contributed by atoms with van der Waals surface area (Å²) in [5.41, 5.74) is 0. The fraction of sp³-hybridized carbons (Fsp3) is 1.00. The van der Waals surface area contributed by atoms with Gasteiger partial charge in [-0.3, -0.25) is 0 Å². The standard InChI is InChI=1S/C8H15F3N2/c1-12-6-3-2-4-7(6)13-5-8(9,10)11/h6-7,12-13H,2-5H2,1H3/t6-,7-/m0/s1. The molecule has 1 saturated carbocycles. The molecule has 1 fully saturated rings. The lowest BCUT2D eigenvalue weighted by Crippen LogP contribution is -2.46. The minimum absolute atomic E-state index is 0.0216. The van der Waals surface area contributed by atoms with Crippen molar-refractivity contribution in [2.24, 2.45) is 0 Å². The molecule has 0 radical (unpaired) electrons. The zero-order chi connectivity index (χ0) is 9.90. The molecule has 0 aliphatic heterocycles. The average molecular weight is 196 g/mol. The number of nitrogens with one attached hydrogen (secondary N) is 2. The molecule has 78 valence electrons. The SMILES string of the molecule is CN[C@H]1CCC[C@@H]1NCC(F)(F)F. The molecule has 0 aromatic rings. The number of hydrogen-bond acceptors (Lipinski definition) is 2. The van der Waals surface area contributed by atoms with Gasteiger partial charge in [-0.1, -0.05) is 6.42 Å². The molecule has 0 spiro atoms. The highest BCUT2D eigenvalue weighted by atomic mass is 19.4. The lowest BCUT2D eigenvalue weighted by Gasteiger charge is -2.21. The van der Waals surface area contributed by atoms with Crippen LogP contribution in [-0.4, -0.2) is 31.9 Å². The number of hydrogen-bond donors (Lipinski definition) is 2. The van der Waals surface area contributed by atoms with E-state index in [0.717, 1.165) is 19.3 Å². The molecular weight excluding hydrogens is 181 g/mol. The van der Waals surface area contributed by atoms with E-state index in [1.165, 1.54) is 0 Å². The van der Waals surface area contributed by atoms with Gasteiger partial charge in [-0.25, -0.2) is 0 Å². The third-order valence-electron chi connectivity index (χ3n) is 2.45. The lowest BCUT2D eigenvalue weighted by molar-refractivity contribution is -0.126. The highest BCUT2D eigenvalue weighted by Crippen LogP contribution is 2.20. The molecule has 0 aromatic heterocycles. The van der Waals surface area contributed by atoms with E-state index in [9.17, 15) is 13.2 Å². The molecular formula is C8H15F3N2. The summed E-state index contributed by atoms with van der Waals surface area (Å²) in [6.45, 7) is -0.879. The first-order chi connectivity index (χ1) is 6.03. The summed E-state index contributed by atoms with van der Waals surface area (Å²) in [6, 6.07) is 0.175. The third kappa shape index (κ3) is 3.52. The van der Waals surface area contributed by atoms with Crippen LogP contribution in [-0.2, 0) is 0 Å². The van der Waals surface area contributed by atoms with Gasteiger partial charge < -0.3 is 10.6 Å². The maximum Gasteiger partial charge on any atom is 0.401 e. The Hall–Kier alpha value is -0.290. The maximum absolute atomic E-state index is 11.9. The van der Waals surface area contributed by atoms with Gasteiger partial charge in [0.1, 0.15) is 0 Å². The Kier molecular flexibility index (Phi) is 3.55. The average Bonchev–Trinajstić information content (AvgIpc) is 2.46. The molecule has 1 aliphatic rings. The highest BCUT2D eigenvalue weighted by Gasteiger charge is 2.31. The molecule has 5 heteroatoms. The Labute approximate surface area is 75.9 Å². The Morgan fingerprint density at radius 1 is 1.23 bits per heavy atom. The van der Waals surface area contributed by atoms with Gasteiger partial charge in [0, 0.05) is 12.1 Å². The second-order valence-corrected chi connectivity index (χ2v) is 3.43. The van der Waals surface area contributed by atoms with Crippen molar-refractivity contribution in [3.63, 3.8) is 0 Å². The monoisotopic (exact) mass is 196 g/mol. The molecule has 0 unspecified atom stereocenters. The first kappa shape index (κ1) is 10.8. The summed E-state index contributed by atoms with van der Waals surface area (Å²) in [5, 5.41) is 5.56.